The largest absolute Gasteiger partial charge is 0.344 e. The van der Waals surface area contributed by atoms with E-state index in [1.807, 2.05) is 0 Å². The number of hydrogen-bond donors (Lipinski definition) is 0. The van der Waals surface area contributed by atoms with Gasteiger partial charge >= 0.3 is 0 Å². The molecule has 0 rings (SSSR count). The lowest BCUT2D eigenvalue weighted by Gasteiger charge is -2.14. The van der Waals surface area contributed by atoms with Crippen molar-refractivity contribution in [1.29, 1.82) is 0 Å². The van der Waals surface area contributed by atoms with Gasteiger partial charge in [0.15, 0.2) is 9.84 Å². The van der Waals surface area contributed by atoms with Gasteiger partial charge in [0.1, 0.15) is 5.75 Å². The fourth-order valence-corrected chi connectivity index (χ4v) is 1.51. The molecule has 0 unspecified atom stereocenters. The van der Waals surface area contributed by atoms with E-state index in [1.165, 1.54) is 11.9 Å². The lowest BCUT2D eigenvalue weighted by Crippen LogP contribution is -2.33. The predicted molar refractivity (Wildman–Crippen MR) is 48.1 cm³/mol. The minimum Gasteiger partial charge on any atom is -0.344 e. The topological polar surface area (TPSA) is 54.5 Å². The molecular formula is C6H12ClNO3S. The SMILES string of the molecule is CN(CCCl)C(=O)CS(C)(=O)=O. The Hall–Kier alpha value is -0.290. The molecule has 0 aliphatic carbocycles. The molecule has 0 fully saturated rings. The Bertz CT molecular complexity index is 250. The van der Waals surface area contributed by atoms with Gasteiger partial charge in [-0.05, 0) is 0 Å². The molecule has 0 N–H and O–H groups in total. The second-order valence-corrected chi connectivity index (χ2v) is 5.09. The van der Waals surface area contributed by atoms with Crippen molar-refractivity contribution in [3.8, 4) is 0 Å². The quantitative estimate of drug-likeness (QED) is 0.604. The second kappa shape index (κ2) is 4.67. The zero-order valence-corrected chi connectivity index (χ0v) is 8.65. The normalized spacial score (nSPS) is 11.2. The van der Waals surface area contributed by atoms with Gasteiger partial charge in [0, 0.05) is 25.7 Å². The summed E-state index contributed by atoms with van der Waals surface area (Å²) < 4.78 is 21.3. The minimum absolute atomic E-state index is 0.312. The van der Waals surface area contributed by atoms with E-state index < -0.39 is 21.5 Å². The van der Waals surface area contributed by atoms with Gasteiger partial charge in [-0.15, -0.1) is 11.6 Å². The Labute approximate surface area is 77.4 Å². The molecule has 4 nitrogen and oxygen atoms in total. The molecule has 0 aromatic rings. The summed E-state index contributed by atoms with van der Waals surface area (Å²) in [4.78, 5) is 12.3. The van der Waals surface area contributed by atoms with Gasteiger partial charge in [-0.3, -0.25) is 4.79 Å². The lowest BCUT2D eigenvalue weighted by atomic mass is 10.5. The van der Waals surface area contributed by atoms with Crippen LogP contribution in [0.5, 0.6) is 0 Å². The van der Waals surface area contributed by atoms with Crippen LogP contribution in [0.2, 0.25) is 0 Å². The van der Waals surface area contributed by atoms with Crippen molar-refractivity contribution >= 4 is 27.3 Å². The van der Waals surface area contributed by atoms with Crippen LogP contribution in [0.15, 0.2) is 0 Å². The number of amides is 1. The number of carbonyl (C=O) groups is 1. The highest BCUT2D eigenvalue weighted by Crippen LogP contribution is 1.91. The zero-order valence-electron chi connectivity index (χ0n) is 7.08. The van der Waals surface area contributed by atoms with E-state index in [2.05, 4.69) is 0 Å². The van der Waals surface area contributed by atoms with Crippen LogP contribution in [-0.4, -0.2) is 50.7 Å². The molecule has 0 aromatic heterocycles. The zero-order chi connectivity index (χ0) is 9.78. The standard InChI is InChI=1S/C6H12ClNO3S/c1-8(4-3-7)6(9)5-12(2,10)11/h3-5H2,1-2H3. The first kappa shape index (κ1) is 11.7. The Morgan fingerprint density at radius 2 is 2.00 bits per heavy atom. The van der Waals surface area contributed by atoms with E-state index in [4.69, 9.17) is 11.6 Å². The number of nitrogens with zero attached hydrogens (tertiary/aromatic N) is 1. The molecular weight excluding hydrogens is 202 g/mol. The summed E-state index contributed by atoms with van der Waals surface area (Å²) in [5, 5.41) is 0. The molecule has 0 aromatic carbocycles. The average Bonchev–Trinajstić information content (AvgIpc) is 1.84. The van der Waals surface area contributed by atoms with E-state index >= 15 is 0 Å². The summed E-state index contributed by atoms with van der Waals surface area (Å²) in [7, 11) is -1.70. The first-order valence-corrected chi connectivity index (χ1v) is 5.94. The van der Waals surface area contributed by atoms with Crippen molar-refractivity contribution in [3.63, 3.8) is 0 Å². The van der Waals surface area contributed by atoms with E-state index in [-0.39, 0.29) is 0 Å². The summed E-state index contributed by atoms with van der Waals surface area (Å²) in [5.74, 6) is -0.551. The predicted octanol–water partition coefficient (Wildman–Crippen LogP) is -0.272. The smallest absolute Gasteiger partial charge is 0.237 e. The highest BCUT2D eigenvalue weighted by Gasteiger charge is 2.14. The van der Waals surface area contributed by atoms with Gasteiger partial charge in [-0.1, -0.05) is 0 Å². The summed E-state index contributed by atoms with van der Waals surface area (Å²) in [6.07, 6.45) is 1.03. The molecule has 0 saturated carbocycles. The first-order valence-electron chi connectivity index (χ1n) is 3.34. The molecule has 72 valence electrons. The Balaban J connectivity index is 4.05. The molecule has 0 spiro atoms. The van der Waals surface area contributed by atoms with Gasteiger partial charge in [0.2, 0.25) is 5.91 Å². The van der Waals surface area contributed by atoms with Crippen molar-refractivity contribution in [2.45, 2.75) is 0 Å². The molecule has 0 heterocycles. The van der Waals surface area contributed by atoms with Gasteiger partial charge in [0.25, 0.3) is 0 Å². The van der Waals surface area contributed by atoms with Gasteiger partial charge in [-0.25, -0.2) is 8.42 Å². The summed E-state index contributed by atoms with van der Waals surface area (Å²) in [6.45, 7) is 0.371. The highest BCUT2D eigenvalue weighted by atomic mass is 35.5. The highest BCUT2D eigenvalue weighted by molar-refractivity contribution is 7.91. The number of rotatable bonds is 4. The van der Waals surface area contributed by atoms with E-state index in [0.717, 1.165) is 6.26 Å². The molecule has 0 radical (unpaired) electrons. The van der Waals surface area contributed by atoms with Crippen molar-refractivity contribution in [2.75, 3.05) is 31.5 Å². The number of carbonyl (C=O) groups excluding carboxylic acids is 1. The van der Waals surface area contributed by atoms with Crippen molar-refractivity contribution in [1.82, 2.24) is 4.90 Å². The van der Waals surface area contributed by atoms with Crippen molar-refractivity contribution in [3.05, 3.63) is 0 Å². The maximum Gasteiger partial charge on any atom is 0.237 e. The monoisotopic (exact) mass is 213 g/mol. The maximum atomic E-state index is 11.0. The summed E-state index contributed by atoms with van der Waals surface area (Å²) >= 11 is 5.37. The van der Waals surface area contributed by atoms with Crippen LogP contribution >= 0.6 is 11.6 Å². The van der Waals surface area contributed by atoms with Crippen LogP contribution < -0.4 is 0 Å². The fraction of sp³-hybridized carbons (Fsp3) is 0.833. The van der Waals surface area contributed by atoms with Crippen LogP contribution in [0.4, 0.5) is 0 Å². The third kappa shape index (κ3) is 5.37. The average molecular weight is 214 g/mol. The van der Waals surface area contributed by atoms with Gasteiger partial charge in [-0.2, -0.15) is 0 Å². The van der Waals surface area contributed by atoms with Crippen molar-refractivity contribution < 1.29 is 13.2 Å². The molecule has 12 heavy (non-hydrogen) atoms. The second-order valence-electron chi connectivity index (χ2n) is 2.57. The van der Waals surface area contributed by atoms with E-state index in [1.54, 1.807) is 0 Å². The maximum absolute atomic E-state index is 11.0. The van der Waals surface area contributed by atoms with E-state index in [9.17, 15) is 13.2 Å². The number of sulfone groups is 1. The Morgan fingerprint density at radius 3 is 2.33 bits per heavy atom. The van der Waals surface area contributed by atoms with Gasteiger partial charge in [0.05, 0.1) is 0 Å². The fourth-order valence-electron chi connectivity index (χ4n) is 0.586. The number of halogens is 1. The molecule has 1 amide bonds. The lowest BCUT2D eigenvalue weighted by molar-refractivity contribution is -0.126. The molecule has 0 aliphatic rings. The van der Waals surface area contributed by atoms with Crippen LogP contribution in [0.3, 0.4) is 0 Å². The van der Waals surface area contributed by atoms with Crippen LogP contribution in [0.25, 0.3) is 0 Å². The van der Waals surface area contributed by atoms with Crippen LogP contribution in [-0.2, 0) is 14.6 Å². The summed E-state index contributed by atoms with van der Waals surface area (Å²) in [6, 6.07) is 0. The van der Waals surface area contributed by atoms with Crippen molar-refractivity contribution in [2.24, 2.45) is 0 Å². The first-order chi connectivity index (χ1) is 5.37. The minimum atomic E-state index is -3.22. The van der Waals surface area contributed by atoms with Crippen LogP contribution in [0, 0.1) is 0 Å². The third-order valence-electron chi connectivity index (χ3n) is 1.23. The molecule has 0 bridgehead atoms. The molecule has 0 aliphatic heterocycles. The van der Waals surface area contributed by atoms with E-state index in [0.29, 0.717) is 12.4 Å². The molecule has 0 saturated heterocycles. The summed E-state index contributed by atoms with van der Waals surface area (Å²) in [5.41, 5.74) is 0. The number of hydrogen-bond acceptors (Lipinski definition) is 3. The molecule has 6 heteroatoms. The Morgan fingerprint density at radius 1 is 1.50 bits per heavy atom. The van der Waals surface area contributed by atoms with Gasteiger partial charge < -0.3 is 4.90 Å². The Kier molecular flexibility index (Phi) is 4.55. The number of alkyl halides is 1. The molecule has 0 atom stereocenters. The third-order valence-corrected chi connectivity index (χ3v) is 2.17. The van der Waals surface area contributed by atoms with Crippen LogP contribution in [0.1, 0.15) is 0 Å².